The van der Waals surface area contributed by atoms with E-state index in [1.54, 1.807) is 24.3 Å². The Labute approximate surface area is 187 Å². The Bertz CT molecular complexity index is 1010. The van der Waals surface area contributed by atoms with Crippen molar-refractivity contribution in [2.45, 2.75) is 52.4 Å². The summed E-state index contributed by atoms with van der Waals surface area (Å²) in [6, 6.07) is 11.0. The number of benzene rings is 2. The third-order valence-electron chi connectivity index (χ3n) is 4.75. The van der Waals surface area contributed by atoms with Crippen LogP contribution in [0.3, 0.4) is 0 Å². The van der Waals surface area contributed by atoms with Crippen molar-refractivity contribution in [1.82, 2.24) is 5.32 Å². The fraction of sp³-hybridized carbons (Fsp3) is 0.333. The number of hydrogen-bond donors (Lipinski definition) is 2. The second-order valence-electron chi connectivity index (χ2n) is 9.42. The van der Waals surface area contributed by atoms with E-state index in [-0.39, 0.29) is 16.7 Å². The van der Waals surface area contributed by atoms with Gasteiger partial charge in [-0.1, -0.05) is 53.1 Å². The maximum Gasteiger partial charge on any atom is 0.264 e. The van der Waals surface area contributed by atoms with Gasteiger partial charge in [-0.05, 0) is 70.6 Å². The number of aliphatic imine (C=N–C) groups is 1. The summed E-state index contributed by atoms with van der Waals surface area (Å²) < 4.78 is 0. The van der Waals surface area contributed by atoms with Crippen LogP contribution in [0.2, 0.25) is 5.02 Å². The summed E-state index contributed by atoms with van der Waals surface area (Å²) >= 11 is 7.21. The zero-order valence-corrected chi connectivity index (χ0v) is 19.7. The minimum absolute atomic E-state index is 0.185. The summed E-state index contributed by atoms with van der Waals surface area (Å²) in [4.78, 5) is 17.6. The Kier molecular flexibility index (Phi) is 6.08. The number of phenols is 1. The van der Waals surface area contributed by atoms with Crippen LogP contribution in [-0.2, 0) is 15.6 Å². The maximum absolute atomic E-state index is 12.5. The predicted octanol–water partition coefficient (Wildman–Crippen LogP) is 6.53. The number of hydrogen-bond acceptors (Lipinski definition) is 4. The molecule has 2 aromatic carbocycles. The van der Waals surface area contributed by atoms with E-state index >= 15 is 0 Å². The highest BCUT2D eigenvalue weighted by Gasteiger charge is 2.28. The van der Waals surface area contributed by atoms with Gasteiger partial charge in [0.1, 0.15) is 5.75 Å². The number of amides is 1. The van der Waals surface area contributed by atoms with Crippen molar-refractivity contribution in [3.63, 3.8) is 0 Å². The first-order valence-corrected chi connectivity index (χ1v) is 11.0. The van der Waals surface area contributed by atoms with Gasteiger partial charge >= 0.3 is 0 Å². The molecule has 0 aliphatic carbocycles. The molecule has 1 amide bonds. The molecule has 0 radical (unpaired) electrons. The average Bonchev–Trinajstić information content (AvgIpc) is 2.95. The van der Waals surface area contributed by atoms with Gasteiger partial charge in [0.25, 0.3) is 5.91 Å². The zero-order valence-electron chi connectivity index (χ0n) is 18.1. The van der Waals surface area contributed by atoms with Crippen LogP contribution in [0.4, 0.5) is 5.69 Å². The van der Waals surface area contributed by atoms with E-state index in [0.29, 0.717) is 20.8 Å². The summed E-state index contributed by atoms with van der Waals surface area (Å²) in [7, 11) is 0. The van der Waals surface area contributed by atoms with E-state index in [1.165, 1.54) is 11.8 Å². The molecule has 1 aliphatic rings. The van der Waals surface area contributed by atoms with E-state index in [2.05, 4.69) is 51.9 Å². The van der Waals surface area contributed by atoms with E-state index in [4.69, 9.17) is 11.6 Å². The SMILES string of the molecule is CC(C)(C)c1cc(/C=C2/SC(=Nc3ccc(Cl)cc3)NC2=O)cc(C(C)(C)C)c1O. The number of nitrogens with zero attached hydrogens (tertiary/aromatic N) is 1. The molecular weight excluding hydrogens is 416 g/mol. The molecule has 0 spiro atoms. The molecule has 0 atom stereocenters. The van der Waals surface area contributed by atoms with Crippen LogP contribution >= 0.6 is 23.4 Å². The van der Waals surface area contributed by atoms with Crippen LogP contribution in [0.25, 0.3) is 6.08 Å². The first-order valence-electron chi connectivity index (χ1n) is 9.78. The van der Waals surface area contributed by atoms with Crippen LogP contribution in [0.15, 0.2) is 46.3 Å². The second kappa shape index (κ2) is 8.12. The molecule has 2 aromatic rings. The fourth-order valence-electron chi connectivity index (χ4n) is 3.15. The molecule has 1 heterocycles. The number of amidine groups is 1. The van der Waals surface area contributed by atoms with Crippen molar-refractivity contribution in [3.8, 4) is 5.75 Å². The van der Waals surface area contributed by atoms with Crippen LogP contribution in [-0.4, -0.2) is 16.2 Å². The van der Waals surface area contributed by atoms with Gasteiger partial charge in [-0.2, -0.15) is 0 Å². The van der Waals surface area contributed by atoms with Crippen molar-refractivity contribution in [1.29, 1.82) is 0 Å². The van der Waals surface area contributed by atoms with Gasteiger partial charge in [0.2, 0.25) is 0 Å². The van der Waals surface area contributed by atoms with Crippen molar-refractivity contribution in [2.24, 2.45) is 4.99 Å². The van der Waals surface area contributed by atoms with Gasteiger partial charge in [-0.3, -0.25) is 4.79 Å². The number of aromatic hydroxyl groups is 1. The number of carbonyl (C=O) groups excluding carboxylic acids is 1. The quantitative estimate of drug-likeness (QED) is 0.519. The highest BCUT2D eigenvalue weighted by atomic mass is 35.5. The molecule has 0 aromatic heterocycles. The smallest absolute Gasteiger partial charge is 0.264 e. The Balaban J connectivity index is 2.00. The van der Waals surface area contributed by atoms with E-state index in [1.807, 2.05) is 18.2 Å². The summed E-state index contributed by atoms with van der Waals surface area (Å²) in [6.45, 7) is 12.4. The lowest BCUT2D eigenvalue weighted by atomic mass is 9.78. The van der Waals surface area contributed by atoms with Gasteiger partial charge in [0.05, 0.1) is 10.6 Å². The monoisotopic (exact) mass is 442 g/mol. The number of rotatable bonds is 2. The largest absolute Gasteiger partial charge is 0.507 e. The molecule has 30 heavy (non-hydrogen) atoms. The van der Waals surface area contributed by atoms with E-state index < -0.39 is 0 Å². The molecule has 0 unspecified atom stereocenters. The highest BCUT2D eigenvalue weighted by Crippen LogP contribution is 2.40. The third kappa shape index (κ3) is 5.08. The summed E-state index contributed by atoms with van der Waals surface area (Å²) in [5, 5.41) is 14.9. The fourth-order valence-corrected chi connectivity index (χ4v) is 4.12. The number of thioether (sulfide) groups is 1. The van der Waals surface area contributed by atoms with Gasteiger partial charge in [-0.15, -0.1) is 0 Å². The van der Waals surface area contributed by atoms with Gasteiger partial charge in [0.15, 0.2) is 5.17 Å². The lowest BCUT2D eigenvalue weighted by Gasteiger charge is -2.28. The lowest BCUT2D eigenvalue weighted by molar-refractivity contribution is -0.115. The van der Waals surface area contributed by atoms with Crippen LogP contribution in [0.1, 0.15) is 58.2 Å². The van der Waals surface area contributed by atoms with Crippen molar-refractivity contribution < 1.29 is 9.90 Å². The molecular formula is C24H27ClN2O2S. The average molecular weight is 443 g/mol. The van der Waals surface area contributed by atoms with E-state index in [9.17, 15) is 9.90 Å². The molecule has 0 bridgehead atoms. The normalized spacial score (nSPS) is 17.6. The topological polar surface area (TPSA) is 61.7 Å². The number of phenolic OH excluding ortho intramolecular Hbond substituents is 1. The number of halogens is 1. The second-order valence-corrected chi connectivity index (χ2v) is 10.9. The molecule has 1 aliphatic heterocycles. The first-order chi connectivity index (χ1) is 13.8. The third-order valence-corrected chi connectivity index (χ3v) is 5.92. The summed E-state index contributed by atoms with van der Waals surface area (Å²) in [5.41, 5.74) is 2.86. The van der Waals surface area contributed by atoms with E-state index in [0.717, 1.165) is 22.4 Å². The Morgan fingerprint density at radius 3 is 2.03 bits per heavy atom. The van der Waals surface area contributed by atoms with Crippen LogP contribution in [0.5, 0.6) is 5.75 Å². The highest BCUT2D eigenvalue weighted by molar-refractivity contribution is 8.18. The maximum atomic E-state index is 12.5. The molecule has 0 saturated carbocycles. The van der Waals surface area contributed by atoms with Crippen LogP contribution < -0.4 is 5.32 Å². The Hall–Kier alpha value is -2.24. The van der Waals surface area contributed by atoms with Gasteiger partial charge in [-0.25, -0.2) is 4.99 Å². The van der Waals surface area contributed by atoms with Crippen molar-refractivity contribution in [3.05, 3.63) is 63.0 Å². The van der Waals surface area contributed by atoms with Crippen molar-refractivity contribution in [2.75, 3.05) is 0 Å². The Morgan fingerprint density at radius 1 is 1.00 bits per heavy atom. The molecule has 2 N–H and O–H groups in total. The van der Waals surface area contributed by atoms with Crippen LogP contribution in [0, 0.1) is 0 Å². The predicted molar refractivity (Wildman–Crippen MR) is 128 cm³/mol. The minimum atomic E-state index is -0.231. The molecule has 1 fully saturated rings. The molecule has 6 heteroatoms. The zero-order chi connectivity index (χ0) is 22.3. The van der Waals surface area contributed by atoms with Gasteiger partial charge in [0, 0.05) is 16.1 Å². The Morgan fingerprint density at radius 2 is 1.53 bits per heavy atom. The first kappa shape index (κ1) is 22.4. The molecule has 3 rings (SSSR count). The van der Waals surface area contributed by atoms with Crippen molar-refractivity contribution >= 4 is 46.2 Å². The summed E-state index contributed by atoms with van der Waals surface area (Å²) in [6.07, 6.45) is 1.86. The minimum Gasteiger partial charge on any atom is -0.507 e. The molecule has 4 nitrogen and oxygen atoms in total. The molecule has 158 valence electrons. The summed E-state index contributed by atoms with van der Waals surface area (Å²) in [5.74, 6) is 0.140. The standard InChI is InChI=1S/C24H27ClN2O2S/c1-23(2,3)17-11-14(12-18(20(17)28)24(4,5)6)13-19-21(29)27-22(30-19)26-16-9-7-15(25)8-10-16/h7-13,28H,1-6H3,(H,26,27,29)/b19-13+. The lowest BCUT2D eigenvalue weighted by Crippen LogP contribution is -2.19. The number of carbonyl (C=O) groups is 1. The van der Waals surface area contributed by atoms with Gasteiger partial charge < -0.3 is 10.4 Å². The number of nitrogens with one attached hydrogen (secondary N) is 1. The molecule has 1 saturated heterocycles.